The van der Waals surface area contributed by atoms with E-state index in [9.17, 15) is 9.59 Å². The number of ether oxygens (including phenoxy) is 1. The molecule has 6 rings (SSSR count). The van der Waals surface area contributed by atoms with Crippen LogP contribution in [0.1, 0.15) is 83.2 Å². The minimum Gasteiger partial charge on any atom is -0.381 e. The molecule has 1 aromatic carbocycles. The summed E-state index contributed by atoms with van der Waals surface area (Å²) >= 11 is 0. The van der Waals surface area contributed by atoms with Crippen LogP contribution in [0.2, 0.25) is 0 Å². The molecule has 1 unspecified atom stereocenters. The summed E-state index contributed by atoms with van der Waals surface area (Å²) in [4.78, 5) is 33.6. The van der Waals surface area contributed by atoms with Crippen molar-refractivity contribution in [2.24, 2.45) is 11.8 Å². The molecule has 5 fully saturated rings. The first kappa shape index (κ1) is 26.1. The zero-order chi connectivity index (χ0) is 26.3. The van der Waals surface area contributed by atoms with Crippen molar-refractivity contribution in [2.45, 2.75) is 101 Å². The smallest absolute Gasteiger partial charge is 0.320 e. The Hall–Kier alpha value is -2.12. The average molecular weight is 523 g/mol. The van der Waals surface area contributed by atoms with Gasteiger partial charge in [0.15, 0.2) is 0 Å². The van der Waals surface area contributed by atoms with Crippen LogP contribution in [0.3, 0.4) is 0 Å². The van der Waals surface area contributed by atoms with Gasteiger partial charge in [-0.2, -0.15) is 0 Å². The summed E-state index contributed by atoms with van der Waals surface area (Å²) in [5.74, 6) is 1.01. The Balaban J connectivity index is 1.14. The first-order valence-corrected chi connectivity index (χ1v) is 15.2. The van der Waals surface area contributed by atoms with Gasteiger partial charge < -0.3 is 19.9 Å². The Kier molecular flexibility index (Phi) is 7.43. The number of hydrogen-bond donors (Lipinski definition) is 1. The number of nitrogens with zero attached hydrogens (tertiary/aromatic N) is 3. The zero-order valence-corrected chi connectivity index (χ0v) is 23.3. The predicted octanol–water partition coefficient (Wildman–Crippen LogP) is 4.58. The first-order chi connectivity index (χ1) is 18.4. The molecule has 7 heteroatoms. The molecule has 7 nitrogen and oxygen atoms in total. The lowest BCUT2D eigenvalue weighted by atomic mass is 9.81. The maximum atomic E-state index is 13.7. The van der Waals surface area contributed by atoms with Gasteiger partial charge in [0.1, 0.15) is 0 Å². The molecule has 1 saturated carbocycles. The summed E-state index contributed by atoms with van der Waals surface area (Å²) in [6.07, 6.45) is 9.71. The molecule has 3 amide bonds. The Morgan fingerprint density at radius 1 is 1.03 bits per heavy atom. The number of urea groups is 1. The van der Waals surface area contributed by atoms with Crippen molar-refractivity contribution in [3.63, 3.8) is 0 Å². The number of amides is 3. The largest absolute Gasteiger partial charge is 0.381 e. The highest BCUT2D eigenvalue weighted by Gasteiger charge is 2.57. The fraction of sp³-hybridized carbons (Fsp3) is 0.742. The van der Waals surface area contributed by atoms with Crippen molar-refractivity contribution >= 4 is 11.9 Å². The van der Waals surface area contributed by atoms with Gasteiger partial charge in [0.25, 0.3) is 0 Å². The fourth-order valence-corrected chi connectivity index (χ4v) is 8.03. The van der Waals surface area contributed by atoms with Crippen LogP contribution in [0, 0.1) is 11.8 Å². The normalized spacial score (nSPS) is 31.0. The van der Waals surface area contributed by atoms with Gasteiger partial charge in [0.05, 0.1) is 11.6 Å². The summed E-state index contributed by atoms with van der Waals surface area (Å²) < 4.78 is 5.57. The van der Waals surface area contributed by atoms with Crippen molar-refractivity contribution in [1.29, 1.82) is 0 Å². The minimum atomic E-state index is -0.0439. The van der Waals surface area contributed by atoms with Crippen molar-refractivity contribution < 1.29 is 14.3 Å². The summed E-state index contributed by atoms with van der Waals surface area (Å²) in [7, 11) is 0. The van der Waals surface area contributed by atoms with Crippen LogP contribution in [-0.4, -0.2) is 83.2 Å². The molecule has 1 aliphatic carbocycles. The van der Waals surface area contributed by atoms with Crippen molar-refractivity contribution in [2.75, 3.05) is 32.8 Å². The molecule has 4 atom stereocenters. The average Bonchev–Trinajstić information content (AvgIpc) is 3.69. The van der Waals surface area contributed by atoms with E-state index < -0.39 is 0 Å². The lowest BCUT2D eigenvalue weighted by molar-refractivity contribution is -0.123. The van der Waals surface area contributed by atoms with Crippen LogP contribution in [0.25, 0.3) is 0 Å². The first-order valence-electron chi connectivity index (χ1n) is 15.2. The summed E-state index contributed by atoms with van der Waals surface area (Å²) in [6.45, 7) is 8.80. The van der Waals surface area contributed by atoms with Crippen LogP contribution in [-0.2, 0) is 9.53 Å². The third-order valence-corrected chi connectivity index (χ3v) is 9.95. The van der Waals surface area contributed by atoms with E-state index in [0.717, 1.165) is 77.8 Å². The lowest BCUT2D eigenvalue weighted by Crippen LogP contribution is -2.60. The van der Waals surface area contributed by atoms with Gasteiger partial charge in [-0.05, 0) is 83.1 Å². The second kappa shape index (κ2) is 10.8. The standard InChI is InChI=1S/C31H46N4O3/c1-22(2)35-30(37)33(20-23-13-16-38-17-14-23)21-31(35)18-26-10-11-27(19-31)34(26)15-12-28(24-6-4-3-5-7-24)32-29(36)25-8-9-25/h3-7,22-23,25-28H,8-21H2,1-2H3,(H,32,36)/t26-,27+,28-,31?/m0/s1. The van der Waals surface area contributed by atoms with Crippen LogP contribution in [0.15, 0.2) is 30.3 Å². The molecular weight excluding hydrogens is 476 g/mol. The Bertz CT molecular complexity index is 976. The number of rotatable bonds is 9. The van der Waals surface area contributed by atoms with Gasteiger partial charge >= 0.3 is 6.03 Å². The Morgan fingerprint density at radius 2 is 1.71 bits per heavy atom. The van der Waals surface area contributed by atoms with E-state index in [2.05, 4.69) is 58.1 Å². The zero-order valence-electron chi connectivity index (χ0n) is 23.3. The molecule has 1 spiro atoms. The van der Waals surface area contributed by atoms with Crippen molar-refractivity contribution in [3.8, 4) is 0 Å². The number of nitrogens with one attached hydrogen (secondary N) is 1. The van der Waals surface area contributed by atoms with E-state index in [-0.39, 0.29) is 35.5 Å². The molecule has 2 bridgehead atoms. The maximum Gasteiger partial charge on any atom is 0.320 e. The van der Waals surface area contributed by atoms with Gasteiger partial charge in [0.2, 0.25) is 5.91 Å². The Morgan fingerprint density at radius 3 is 2.34 bits per heavy atom. The number of benzene rings is 1. The SMILES string of the molecule is CC(C)N1C(=O)N(CC2CCOCC2)CC12C[C@H]1CC[C@@H](C2)N1CC[C@H](NC(=O)C1CC1)c1ccccc1. The second-order valence-corrected chi connectivity index (χ2v) is 13.0. The van der Waals surface area contributed by atoms with E-state index in [1.54, 1.807) is 0 Å². The number of carbonyl (C=O) groups is 2. The van der Waals surface area contributed by atoms with Crippen molar-refractivity contribution in [3.05, 3.63) is 35.9 Å². The highest BCUT2D eigenvalue weighted by molar-refractivity contribution is 5.81. The summed E-state index contributed by atoms with van der Waals surface area (Å²) in [5.41, 5.74) is 1.16. The summed E-state index contributed by atoms with van der Waals surface area (Å²) in [6, 6.07) is 12.1. The molecule has 1 N–H and O–H groups in total. The van der Waals surface area contributed by atoms with Crippen LogP contribution in [0.5, 0.6) is 0 Å². The monoisotopic (exact) mass is 522 g/mol. The third-order valence-electron chi connectivity index (χ3n) is 9.95. The van der Waals surface area contributed by atoms with Gasteiger partial charge in [0, 0.05) is 56.9 Å². The van der Waals surface area contributed by atoms with Gasteiger partial charge in [-0.1, -0.05) is 30.3 Å². The third kappa shape index (κ3) is 5.21. The Labute approximate surface area is 228 Å². The van der Waals surface area contributed by atoms with E-state index in [0.29, 0.717) is 18.0 Å². The van der Waals surface area contributed by atoms with E-state index in [1.165, 1.54) is 18.4 Å². The maximum absolute atomic E-state index is 13.7. The van der Waals surface area contributed by atoms with Crippen LogP contribution in [0.4, 0.5) is 4.79 Å². The number of piperidine rings is 1. The number of hydrogen-bond acceptors (Lipinski definition) is 4. The highest BCUT2D eigenvalue weighted by atomic mass is 16.5. The summed E-state index contributed by atoms with van der Waals surface area (Å²) in [5, 5.41) is 3.37. The molecule has 1 aromatic rings. The molecule has 0 aromatic heterocycles. The molecule has 0 radical (unpaired) electrons. The van der Waals surface area contributed by atoms with Gasteiger partial charge in [-0.15, -0.1) is 0 Å². The quantitative estimate of drug-likeness (QED) is 0.516. The molecular formula is C31H46N4O3. The van der Waals surface area contributed by atoms with Crippen LogP contribution < -0.4 is 5.32 Å². The minimum absolute atomic E-state index is 0.0439. The number of fused-ring (bicyclic) bond motifs is 2. The molecule has 4 saturated heterocycles. The van der Waals surface area contributed by atoms with Gasteiger partial charge in [-0.3, -0.25) is 9.69 Å². The highest BCUT2D eigenvalue weighted by Crippen LogP contribution is 2.48. The lowest BCUT2D eigenvalue weighted by Gasteiger charge is -2.49. The van der Waals surface area contributed by atoms with E-state index >= 15 is 0 Å². The molecule has 4 heterocycles. The van der Waals surface area contributed by atoms with Crippen LogP contribution >= 0.6 is 0 Å². The predicted molar refractivity (Wildman–Crippen MR) is 148 cm³/mol. The molecule has 4 aliphatic heterocycles. The second-order valence-electron chi connectivity index (χ2n) is 13.0. The van der Waals surface area contributed by atoms with Gasteiger partial charge in [-0.25, -0.2) is 4.79 Å². The molecule has 38 heavy (non-hydrogen) atoms. The fourth-order valence-electron chi connectivity index (χ4n) is 8.03. The topological polar surface area (TPSA) is 65.1 Å². The number of carbonyl (C=O) groups excluding carboxylic acids is 2. The molecule has 5 aliphatic rings. The van der Waals surface area contributed by atoms with E-state index in [1.807, 2.05) is 6.07 Å². The molecule has 208 valence electrons. The van der Waals surface area contributed by atoms with Crippen molar-refractivity contribution in [1.82, 2.24) is 20.0 Å². The van der Waals surface area contributed by atoms with E-state index in [4.69, 9.17) is 4.74 Å².